The highest BCUT2D eigenvalue weighted by molar-refractivity contribution is 5.76. The summed E-state index contributed by atoms with van der Waals surface area (Å²) in [5.74, 6) is 0.989. The predicted octanol–water partition coefficient (Wildman–Crippen LogP) is 1.38. The minimum atomic E-state index is 0.131. The number of carbonyl (C=O) groups is 1. The summed E-state index contributed by atoms with van der Waals surface area (Å²) in [6, 6.07) is 8.56. The molecule has 1 aromatic carbocycles. The lowest BCUT2D eigenvalue weighted by molar-refractivity contribution is -0.121. The summed E-state index contributed by atoms with van der Waals surface area (Å²) in [5, 5.41) is 3.01. The molecule has 128 valence electrons. The third-order valence-electron chi connectivity index (χ3n) is 4.55. The maximum absolute atomic E-state index is 12.0. The van der Waals surface area contributed by atoms with E-state index < -0.39 is 0 Å². The van der Waals surface area contributed by atoms with Gasteiger partial charge < -0.3 is 19.9 Å². The molecule has 5 heteroatoms. The molecule has 23 heavy (non-hydrogen) atoms. The van der Waals surface area contributed by atoms with Gasteiger partial charge in [0, 0.05) is 32.1 Å². The van der Waals surface area contributed by atoms with Crippen molar-refractivity contribution in [3.8, 4) is 5.75 Å². The minimum Gasteiger partial charge on any atom is -0.497 e. The van der Waals surface area contributed by atoms with E-state index >= 15 is 0 Å². The van der Waals surface area contributed by atoms with Gasteiger partial charge in [-0.05, 0) is 51.2 Å². The molecule has 1 heterocycles. The van der Waals surface area contributed by atoms with Crippen molar-refractivity contribution in [2.45, 2.75) is 25.3 Å². The standard InChI is InChI=1S/C18H29N3O2/c1-20-11-8-16(14-20)21(2)12-9-18(22)19-10-7-15-5-4-6-17(13-15)23-3/h4-6,13,16H,7-12,14H2,1-3H3,(H,19,22). The van der Waals surface area contributed by atoms with E-state index in [0.29, 0.717) is 19.0 Å². The Hall–Kier alpha value is -1.59. The number of likely N-dealkylation sites (N-methyl/N-ethyl adjacent to an activating group) is 2. The third-order valence-corrected chi connectivity index (χ3v) is 4.55. The number of rotatable bonds is 8. The van der Waals surface area contributed by atoms with Crippen LogP contribution >= 0.6 is 0 Å². The highest BCUT2D eigenvalue weighted by atomic mass is 16.5. The van der Waals surface area contributed by atoms with Crippen LogP contribution < -0.4 is 10.1 Å². The van der Waals surface area contributed by atoms with Crippen molar-refractivity contribution >= 4 is 5.91 Å². The highest BCUT2D eigenvalue weighted by Crippen LogP contribution is 2.13. The maximum Gasteiger partial charge on any atom is 0.221 e. The fourth-order valence-corrected chi connectivity index (χ4v) is 2.99. The van der Waals surface area contributed by atoms with Gasteiger partial charge in [0.2, 0.25) is 5.91 Å². The molecule has 1 aliphatic rings. The summed E-state index contributed by atoms with van der Waals surface area (Å²) in [4.78, 5) is 16.6. The molecule has 1 atom stereocenters. The summed E-state index contributed by atoms with van der Waals surface area (Å²) < 4.78 is 5.21. The number of nitrogens with one attached hydrogen (secondary N) is 1. The van der Waals surface area contributed by atoms with Crippen LogP contribution in [0.3, 0.4) is 0 Å². The van der Waals surface area contributed by atoms with E-state index in [9.17, 15) is 4.79 Å². The van der Waals surface area contributed by atoms with Crippen LogP contribution in [-0.2, 0) is 11.2 Å². The van der Waals surface area contributed by atoms with Crippen molar-refractivity contribution in [1.82, 2.24) is 15.1 Å². The van der Waals surface area contributed by atoms with Crippen molar-refractivity contribution < 1.29 is 9.53 Å². The number of hydrogen-bond acceptors (Lipinski definition) is 4. The minimum absolute atomic E-state index is 0.131. The largest absolute Gasteiger partial charge is 0.497 e. The summed E-state index contributed by atoms with van der Waals surface area (Å²) in [7, 11) is 5.94. The van der Waals surface area contributed by atoms with E-state index in [2.05, 4.69) is 35.3 Å². The first-order valence-corrected chi connectivity index (χ1v) is 8.37. The van der Waals surface area contributed by atoms with E-state index in [1.54, 1.807) is 7.11 Å². The molecule has 1 fully saturated rings. The van der Waals surface area contributed by atoms with Gasteiger partial charge in [-0.15, -0.1) is 0 Å². The fourth-order valence-electron chi connectivity index (χ4n) is 2.99. The first-order chi connectivity index (χ1) is 11.1. The first kappa shape index (κ1) is 17.8. The van der Waals surface area contributed by atoms with Gasteiger partial charge in [-0.1, -0.05) is 12.1 Å². The number of carbonyl (C=O) groups excluding carboxylic acids is 1. The molecule has 1 saturated heterocycles. The Morgan fingerprint density at radius 3 is 3.00 bits per heavy atom. The van der Waals surface area contributed by atoms with E-state index in [4.69, 9.17) is 4.74 Å². The van der Waals surface area contributed by atoms with Crippen LogP contribution in [-0.4, -0.2) is 69.1 Å². The normalized spacial score (nSPS) is 18.3. The molecule has 1 amide bonds. The monoisotopic (exact) mass is 319 g/mol. The number of likely N-dealkylation sites (tertiary alicyclic amines) is 1. The van der Waals surface area contributed by atoms with Crippen LogP contribution in [0.1, 0.15) is 18.4 Å². The van der Waals surface area contributed by atoms with Gasteiger partial charge in [0.15, 0.2) is 0 Å². The number of methoxy groups -OCH3 is 1. The average molecular weight is 319 g/mol. The van der Waals surface area contributed by atoms with Crippen LogP contribution in [0.2, 0.25) is 0 Å². The summed E-state index contributed by atoms with van der Waals surface area (Å²) >= 11 is 0. The van der Waals surface area contributed by atoms with E-state index in [1.165, 1.54) is 12.0 Å². The molecule has 1 aromatic rings. The number of nitrogens with zero attached hydrogens (tertiary/aromatic N) is 2. The van der Waals surface area contributed by atoms with E-state index in [-0.39, 0.29) is 5.91 Å². The molecule has 1 aliphatic heterocycles. The Balaban J connectivity index is 1.63. The van der Waals surface area contributed by atoms with Gasteiger partial charge in [0.1, 0.15) is 5.75 Å². The molecular formula is C18H29N3O2. The van der Waals surface area contributed by atoms with Gasteiger partial charge in [-0.3, -0.25) is 4.79 Å². The second kappa shape index (κ2) is 8.89. The Morgan fingerprint density at radius 2 is 2.30 bits per heavy atom. The zero-order valence-corrected chi connectivity index (χ0v) is 14.5. The summed E-state index contributed by atoms with van der Waals surface area (Å²) in [6.45, 7) is 3.75. The fraction of sp³-hybridized carbons (Fsp3) is 0.611. The molecule has 2 rings (SSSR count). The van der Waals surface area contributed by atoms with Crippen LogP contribution in [0.25, 0.3) is 0 Å². The second-order valence-corrected chi connectivity index (χ2v) is 6.39. The highest BCUT2D eigenvalue weighted by Gasteiger charge is 2.23. The van der Waals surface area contributed by atoms with Crippen LogP contribution in [0, 0.1) is 0 Å². The van der Waals surface area contributed by atoms with Crippen molar-refractivity contribution in [3.63, 3.8) is 0 Å². The molecule has 1 N–H and O–H groups in total. The summed E-state index contributed by atoms with van der Waals surface area (Å²) in [6.07, 6.45) is 2.59. The lowest BCUT2D eigenvalue weighted by atomic mass is 10.1. The molecule has 5 nitrogen and oxygen atoms in total. The topological polar surface area (TPSA) is 44.8 Å². The number of ether oxygens (including phenoxy) is 1. The molecule has 0 bridgehead atoms. The molecule has 0 saturated carbocycles. The van der Waals surface area contributed by atoms with Gasteiger partial charge in [0.25, 0.3) is 0 Å². The second-order valence-electron chi connectivity index (χ2n) is 6.39. The van der Waals surface area contributed by atoms with Crippen molar-refractivity contribution in [3.05, 3.63) is 29.8 Å². The van der Waals surface area contributed by atoms with Gasteiger partial charge >= 0.3 is 0 Å². The molecule has 0 aliphatic carbocycles. The number of benzene rings is 1. The quantitative estimate of drug-likeness (QED) is 0.786. The molecular weight excluding hydrogens is 290 g/mol. The smallest absolute Gasteiger partial charge is 0.221 e. The van der Waals surface area contributed by atoms with Crippen LogP contribution in [0.15, 0.2) is 24.3 Å². The molecule has 0 aromatic heterocycles. The number of amides is 1. The van der Waals surface area contributed by atoms with Gasteiger partial charge in [-0.25, -0.2) is 0 Å². The predicted molar refractivity (Wildman–Crippen MR) is 92.9 cm³/mol. The number of hydrogen-bond donors (Lipinski definition) is 1. The third kappa shape index (κ3) is 5.84. The maximum atomic E-state index is 12.0. The average Bonchev–Trinajstić information content (AvgIpc) is 2.99. The van der Waals surface area contributed by atoms with E-state index in [1.807, 2.05) is 18.2 Å². The zero-order chi connectivity index (χ0) is 16.7. The van der Waals surface area contributed by atoms with Crippen molar-refractivity contribution in [2.75, 3.05) is 47.4 Å². The molecule has 1 unspecified atom stereocenters. The van der Waals surface area contributed by atoms with Crippen LogP contribution in [0.4, 0.5) is 0 Å². The molecule has 0 spiro atoms. The van der Waals surface area contributed by atoms with Crippen molar-refractivity contribution in [1.29, 1.82) is 0 Å². The van der Waals surface area contributed by atoms with Crippen LogP contribution in [0.5, 0.6) is 5.75 Å². The lowest BCUT2D eigenvalue weighted by Gasteiger charge is -2.23. The zero-order valence-electron chi connectivity index (χ0n) is 14.5. The van der Waals surface area contributed by atoms with Gasteiger partial charge in [-0.2, -0.15) is 0 Å². The van der Waals surface area contributed by atoms with Gasteiger partial charge in [0.05, 0.1) is 7.11 Å². The Bertz CT molecular complexity index is 507. The Morgan fingerprint density at radius 1 is 1.48 bits per heavy atom. The SMILES string of the molecule is COc1cccc(CCNC(=O)CCN(C)C2CCN(C)C2)c1. The van der Waals surface area contributed by atoms with E-state index in [0.717, 1.165) is 31.8 Å². The Labute approximate surface area is 139 Å². The first-order valence-electron chi connectivity index (χ1n) is 8.37. The lowest BCUT2D eigenvalue weighted by Crippen LogP contribution is -2.37. The summed E-state index contributed by atoms with van der Waals surface area (Å²) in [5.41, 5.74) is 1.18. The van der Waals surface area contributed by atoms with Crippen molar-refractivity contribution in [2.24, 2.45) is 0 Å². The molecule has 0 radical (unpaired) electrons. The Kier molecular flexibility index (Phi) is 6.86.